The van der Waals surface area contributed by atoms with Crippen LogP contribution in [0, 0.1) is 46.3 Å². The highest BCUT2D eigenvalue weighted by Gasteiger charge is 2.67. The molecule has 0 spiro atoms. The molecule has 0 aromatic heterocycles. The fraction of sp³-hybridized carbons (Fsp3) is 0.962. The van der Waals surface area contributed by atoms with Crippen LogP contribution in [0.4, 0.5) is 0 Å². The van der Waals surface area contributed by atoms with Crippen molar-refractivity contribution in [2.45, 2.75) is 96.6 Å². The molecule has 0 unspecified atom stereocenters. The molecule has 1 amide bonds. The summed E-state index contributed by atoms with van der Waals surface area (Å²) in [7, 11) is -4.12. The van der Waals surface area contributed by atoms with E-state index >= 15 is 0 Å². The Bertz CT molecular complexity index is 929. The minimum Gasteiger partial charge on any atom is -0.393 e. The van der Waals surface area contributed by atoms with Crippen LogP contribution >= 0.6 is 0 Å². The number of aliphatic hydroxyl groups excluding tert-OH is 4. The number of hydrogen-bond acceptors (Lipinski definition) is 7. The molecule has 0 heterocycles. The summed E-state index contributed by atoms with van der Waals surface area (Å²) in [4.78, 5) is 12.2. The second kappa shape index (κ2) is 10.1. The topological polar surface area (TPSA) is 164 Å². The first-order chi connectivity index (χ1) is 16.7. The quantitative estimate of drug-likeness (QED) is 0.268. The molecular weight excluding hydrogens is 486 g/mol. The summed E-state index contributed by atoms with van der Waals surface area (Å²) in [6.07, 6.45) is 2.34. The summed E-state index contributed by atoms with van der Waals surface area (Å²) >= 11 is 0. The first-order valence-electron chi connectivity index (χ1n) is 13.6. The normalized spacial score (nSPS) is 47.4. The number of rotatable bonds is 7. The molecule has 12 atom stereocenters. The highest BCUT2D eigenvalue weighted by Crippen LogP contribution is 2.68. The summed E-state index contributed by atoms with van der Waals surface area (Å²) in [5.74, 6) is -0.313. The first kappa shape index (κ1) is 28.2. The average Bonchev–Trinajstić information content (AvgIpc) is 3.12. The Labute approximate surface area is 214 Å². The second-order valence-corrected chi connectivity index (χ2v) is 14.3. The third kappa shape index (κ3) is 4.86. The largest absolute Gasteiger partial charge is 0.393 e. The van der Waals surface area contributed by atoms with Gasteiger partial charge in [-0.15, -0.1) is 0 Å². The summed E-state index contributed by atoms with van der Waals surface area (Å²) in [5.41, 5.74) is -0.833. The summed E-state index contributed by atoms with van der Waals surface area (Å²) in [6.45, 7) is 6.21. The van der Waals surface area contributed by atoms with E-state index in [1.807, 2.05) is 0 Å². The lowest BCUT2D eigenvalue weighted by Gasteiger charge is -2.64. The van der Waals surface area contributed by atoms with Crippen LogP contribution in [-0.4, -0.2) is 76.0 Å². The molecule has 0 aliphatic heterocycles. The van der Waals surface area contributed by atoms with Gasteiger partial charge in [-0.25, -0.2) is 0 Å². The van der Waals surface area contributed by atoms with Crippen molar-refractivity contribution in [2.24, 2.45) is 46.3 Å². The summed E-state index contributed by atoms with van der Waals surface area (Å²) < 4.78 is 30.5. The van der Waals surface area contributed by atoms with Gasteiger partial charge in [0.1, 0.15) is 0 Å². The molecule has 0 aromatic rings. The maximum absolute atomic E-state index is 12.2. The van der Waals surface area contributed by atoms with Gasteiger partial charge in [-0.05, 0) is 91.3 Å². The highest BCUT2D eigenvalue weighted by atomic mass is 32.2. The highest BCUT2D eigenvalue weighted by molar-refractivity contribution is 7.85. The fourth-order valence-corrected chi connectivity index (χ4v) is 9.53. The van der Waals surface area contributed by atoms with Crippen LogP contribution < -0.4 is 5.32 Å². The van der Waals surface area contributed by atoms with E-state index in [4.69, 9.17) is 4.55 Å². The van der Waals surface area contributed by atoms with Gasteiger partial charge < -0.3 is 25.7 Å². The van der Waals surface area contributed by atoms with Gasteiger partial charge in [-0.1, -0.05) is 20.8 Å². The van der Waals surface area contributed by atoms with Crippen LogP contribution in [0.3, 0.4) is 0 Å². The standard InChI is InChI=1S/C26H45NO8S/c1-14(4-7-23(32)27-8-9-36(33,34)35)17-5-6-18-24-19(13-22(31)26(17,18)3)25(2)15(11-20(24)29)10-16(28)12-21(25)30/h14-22,24,28-31H,4-13H2,1-3H3,(H,27,32)(H,33,34,35)/t14-,15+,16+,17-,18+,19+,20-,21-,22+,24+,25+,26-/m1/s1. The lowest BCUT2D eigenvalue weighted by atomic mass is 9.42. The van der Waals surface area contributed by atoms with Gasteiger partial charge in [0, 0.05) is 13.0 Å². The smallest absolute Gasteiger partial charge is 0.266 e. The molecule has 9 nitrogen and oxygen atoms in total. The number of carbonyl (C=O) groups is 1. The van der Waals surface area contributed by atoms with Crippen LogP contribution in [0.2, 0.25) is 0 Å². The van der Waals surface area contributed by atoms with Crippen molar-refractivity contribution < 1.29 is 38.2 Å². The lowest BCUT2D eigenvalue weighted by Crippen LogP contribution is -2.65. The van der Waals surface area contributed by atoms with E-state index in [-0.39, 0.29) is 54.4 Å². The maximum Gasteiger partial charge on any atom is 0.266 e. The van der Waals surface area contributed by atoms with Crippen LogP contribution in [0.1, 0.15) is 72.1 Å². The van der Waals surface area contributed by atoms with Gasteiger partial charge >= 0.3 is 0 Å². The Morgan fingerprint density at radius 3 is 2.31 bits per heavy atom. The molecule has 4 fully saturated rings. The number of fused-ring (bicyclic) bond motifs is 5. The molecule has 208 valence electrons. The predicted octanol–water partition coefficient (Wildman–Crippen LogP) is 1.34. The SMILES string of the molecule is C[C@H](CCC(=O)NCCS(=O)(=O)O)[C@H]1CC[C@H]2[C@@H]3[C@H](O)C[C@@H]4C[C@H](O)C[C@@H](O)[C@]4(C)[C@H]3C[C@H](O)[C@]12C. The number of hydrogen-bond donors (Lipinski definition) is 6. The van der Waals surface area contributed by atoms with Gasteiger partial charge in [-0.2, -0.15) is 8.42 Å². The van der Waals surface area contributed by atoms with Crippen molar-refractivity contribution in [3.8, 4) is 0 Å². The number of aliphatic hydroxyl groups is 4. The third-order valence-corrected chi connectivity index (χ3v) is 11.8. The molecule has 4 aliphatic carbocycles. The molecule has 0 saturated heterocycles. The van der Waals surface area contributed by atoms with Crippen molar-refractivity contribution >= 4 is 16.0 Å². The molecule has 36 heavy (non-hydrogen) atoms. The van der Waals surface area contributed by atoms with Crippen molar-refractivity contribution in [3.05, 3.63) is 0 Å². The Morgan fingerprint density at radius 2 is 1.64 bits per heavy atom. The van der Waals surface area contributed by atoms with E-state index in [1.165, 1.54) is 0 Å². The Hall–Kier alpha value is -0.780. The number of nitrogens with one attached hydrogen (secondary N) is 1. The molecule has 4 aliphatic rings. The zero-order valence-electron chi connectivity index (χ0n) is 21.7. The van der Waals surface area contributed by atoms with Crippen LogP contribution in [-0.2, 0) is 14.9 Å². The van der Waals surface area contributed by atoms with Crippen molar-refractivity contribution in [1.29, 1.82) is 0 Å². The van der Waals surface area contributed by atoms with Gasteiger partial charge in [0.05, 0.1) is 30.2 Å². The van der Waals surface area contributed by atoms with Gasteiger partial charge in [-0.3, -0.25) is 9.35 Å². The van der Waals surface area contributed by atoms with Crippen molar-refractivity contribution in [1.82, 2.24) is 5.32 Å². The van der Waals surface area contributed by atoms with E-state index in [0.717, 1.165) is 12.8 Å². The summed E-state index contributed by atoms with van der Waals surface area (Å²) in [6, 6.07) is 0. The van der Waals surface area contributed by atoms with E-state index in [0.29, 0.717) is 32.1 Å². The minimum absolute atomic E-state index is 0.00882. The van der Waals surface area contributed by atoms with E-state index in [1.54, 1.807) is 0 Å². The van der Waals surface area contributed by atoms with Crippen molar-refractivity contribution in [2.75, 3.05) is 12.3 Å². The predicted molar refractivity (Wildman–Crippen MR) is 133 cm³/mol. The minimum atomic E-state index is -4.12. The lowest BCUT2D eigenvalue weighted by molar-refractivity contribution is -0.234. The fourth-order valence-electron chi connectivity index (χ4n) is 9.17. The van der Waals surface area contributed by atoms with Crippen LogP contribution in [0.15, 0.2) is 0 Å². The maximum atomic E-state index is 12.2. The second-order valence-electron chi connectivity index (χ2n) is 12.8. The monoisotopic (exact) mass is 531 g/mol. The van der Waals surface area contributed by atoms with E-state index in [2.05, 4.69) is 26.1 Å². The van der Waals surface area contributed by atoms with Gasteiger partial charge in [0.2, 0.25) is 5.91 Å². The van der Waals surface area contributed by atoms with E-state index < -0.39 is 51.1 Å². The summed E-state index contributed by atoms with van der Waals surface area (Å²) in [5, 5.41) is 46.9. The Balaban J connectivity index is 1.46. The molecule has 4 rings (SSSR count). The first-order valence-corrected chi connectivity index (χ1v) is 15.2. The molecule has 0 radical (unpaired) electrons. The zero-order chi connectivity index (χ0) is 26.6. The molecule has 0 aromatic carbocycles. The Morgan fingerprint density at radius 1 is 0.972 bits per heavy atom. The number of carbonyl (C=O) groups excluding carboxylic acids is 1. The average molecular weight is 532 g/mol. The third-order valence-electron chi connectivity index (χ3n) is 11.1. The van der Waals surface area contributed by atoms with Crippen molar-refractivity contribution in [3.63, 3.8) is 0 Å². The molecule has 0 bridgehead atoms. The van der Waals surface area contributed by atoms with Crippen LogP contribution in [0.25, 0.3) is 0 Å². The van der Waals surface area contributed by atoms with Gasteiger partial charge in [0.15, 0.2) is 0 Å². The molecular formula is C26H45NO8S. The van der Waals surface area contributed by atoms with Crippen LogP contribution in [0.5, 0.6) is 0 Å². The van der Waals surface area contributed by atoms with Gasteiger partial charge in [0.25, 0.3) is 10.1 Å². The van der Waals surface area contributed by atoms with E-state index in [9.17, 15) is 33.6 Å². The zero-order valence-corrected chi connectivity index (χ0v) is 22.5. The Kier molecular flexibility index (Phi) is 7.90. The molecule has 6 N–H and O–H groups in total. The number of amides is 1. The molecule has 10 heteroatoms. The molecule has 4 saturated carbocycles.